The van der Waals surface area contributed by atoms with Crippen molar-refractivity contribution in [3.63, 3.8) is 0 Å². The van der Waals surface area contributed by atoms with Crippen LogP contribution in [0.15, 0.2) is 109 Å². The Hall–Kier alpha value is -2.74. The monoisotopic (exact) mass is 404 g/mol. The van der Waals surface area contributed by atoms with E-state index in [2.05, 4.69) is 36.4 Å². The maximum absolute atomic E-state index is 6.76. The first-order valence-corrected chi connectivity index (χ1v) is 9.76. The summed E-state index contributed by atoms with van der Waals surface area (Å²) in [7, 11) is 0. The van der Waals surface area contributed by atoms with Gasteiger partial charge in [-0.05, 0) is 18.2 Å². The van der Waals surface area contributed by atoms with Crippen LogP contribution in [0.2, 0.25) is 10.0 Å². The Bertz CT molecular complexity index is 951. The van der Waals surface area contributed by atoms with E-state index >= 15 is 0 Å². The molecule has 0 spiro atoms. The highest BCUT2D eigenvalue weighted by atomic mass is 35.5. The Morgan fingerprint density at radius 2 is 0.964 bits per heavy atom. The second kappa shape index (κ2) is 8.10. The molecule has 4 rings (SSSR count). The molecule has 0 N–H and O–H groups in total. The summed E-state index contributed by atoms with van der Waals surface area (Å²) < 4.78 is 6.76. The molecule has 0 amide bonds. The van der Waals surface area contributed by atoms with Crippen molar-refractivity contribution in [1.29, 1.82) is 0 Å². The summed E-state index contributed by atoms with van der Waals surface area (Å²) in [4.78, 5) is 0. The van der Waals surface area contributed by atoms with Gasteiger partial charge in [-0.15, -0.1) is 0 Å². The zero-order valence-electron chi connectivity index (χ0n) is 15.1. The van der Waals surface area contributed by atoms with Crippen LogP contribution in [0, 0.1) is 0 Å². The van der Waals surface area contributed by atoms with Crippen LogP contribution >= 0.6 is 23.2 Å². The molecule has 0 unspecified atom stereocenters. The fraction of sp³-hybridized carbons (Fsp3) is 0.0400. The zero-order chi connectivity index (χ0) is 19.4. The summed E-state index contributed by atoms with van der Waals surface area (Å²) >= 11 is 12.6. The molecule has 0 aliphatic rings. The third kappa shape index (κ3) is 3.52. The van der Waals surface area contributed by atoms with Gasteiger partial charge < -0.3 is 4.74 Å². The molecule has 0 fully saturated rings. The van der Waals surface area contributed by atoms with Crippen LogP contribution in [0.25, 0.3) is 0 Å². The quantitative estimate of drug-likeness (QED) is 0.315. The Morgan fingerprint density at radius 3 is 1.36 bits per heavy atom. The van der Waals surface area contributed by atoms with Crippen molar-refractivity contribution < 1.29 is 4.74 Å². The third-order valence-corrected chi connectivity index (χ3v) is 5.23. The van der Waals surface area contributed by atoms with Gasteiger partial charge in [-0.2, -0.15) is 0 Å². The van der Waals surface area contributed by atoms with Crippen molar-refractivity contribution in [3.8, 4) is 5.75 Å². The van der Waals surface area contributed by atoms with E-state index < -0.39 is 5.60 Å². The molecule has 28 heavy (non-hydrogen) atoms. The SMILES string of the molecule is Clc1ccc(OC(c2ccccc2)(c2ccccc2)c2ccccc2)c(Cl)c1. The summed E-state index contributed by atoms with van der Waals surface area (Å²) in [6.45, 7) is 0. The second-order valence-corrected chi connectivity index (χ2v) is 7.30. The summed E-state index contributed by atoms with van der Waals surface area (Å²) in [5, 5.41) is 1.04. The Kier molecular flexibility index (Phi) is 5.38. The first kappa shape index (κ1) is 18.6. The van der Waals surface area contributed by atoms with Crippen LogP contribution in [-0.2, 0) is 5.60 Å². The molecule has 0 heterocycles. The molecule has 138 valence electrons. The van der Waals surface area contributed by atoms with E-state index in [1.165, 1.54) is 0 Å². The lowest BCUT2D eigenvalue weighted by atomic mass is 9.80. The molecule has 4 aromatic carbocycles. The molecule has 0 aliphatic heterocycles. The fourth-order valence-corrected chi connectivity index (χ4v) is 3.87. The normalized spacial score (nSPS) is 11.2. The number of benzene rings is 4. The molecule has 0 saturated heterocycles. The molecule has 0 radical (unpaired) electrons. The predicted octanol–water partition coefficient (Wildman–Crippen LogP) is 7.36. The van der Waals surface area contributed by atoms with Crippen molar-refractivity contribution in [2.45, 2.75) is 5.60 Å². The van der Waals surface area contributed by atoms with E-state index in [9.17, 15) is 0 Å². The lowest BCUT2D eigenvalue weighted by Crippen LogP contribution is -2.36. The number of halogens is 2. The van der Waals surface area contributed by atoms with Crippen molar-refractivity contribution in [2.24, 2.45) is 0 Å². The van der Waals surface area contributed by atoms with Gasteiger partial charge in [0.2, 0.25) is 0 Å². The first-order valence-electron chi connectivity index (χ1n) is 9.01. The average Bonchev–Trinajstić information content (AvgIpc) is 2.75. The highest BCUT2D eigenvalue weighted by Crippen LogP contribution is 2.43. The molecule has 3 heteroatoms. The average molecular weight is 405 g/mol. The second-order valence-electron chi connectivity index (χ2n) is 6.46. The lowest BCUT2D eigenvalue weighted by molar-refractivity contribution is 0.155. The van der Waals surface area contributed by atoms with E-state index in [1.807, 2.05) is 60.7 Å². The molecule has 0 atom stereocenters. The highest BCUT2D eigenvalue weighted by molar-refractivity contribution is 6.35. The van der Waals surface area contributed by atoms with Gasteiger partial charge in [0.05, 0.1) is 5.02 Å². The number of hydrogen-bond donors (Lipinski definition) is 0. The van der Waals surface area contributed by atoms with Crippen LogP contribution in [0.3, 0.4) is 0 Å². The Morgan fingerprint density at radius 1 is 0.536 bits per heavy atom. The van der Waals surface area contributed by atoms with E-state index in [1.54, 1.807) is 12.1 Å². The molecule has 0 bridgehead atoms. The molecular weight excluding hydrogens is 387 g/mol. The number of hydrogen-bond acceptors (Lipinski definition) is 1. The summed E-state index contributed by atoms with van der Waals surface area (Å²) in [5.74, 6) is 0.572. The van der Waals surface area contributed by atoms with Crippen LogP contribution in [0.1, 0.15) is 16.7 Å². The minimum Gasteiger partial charge on any atom is -0.471 e. The van der Waals surface area contributed by atoms with E-state index in [4.69, 9.17) is 27.9 Å². The van der Waals surface area contributed by atoms with Gasteiger partial charge >= 0.3 is 0 Å². The molecule has 0 aliphatic carbocycles. The van der Waals surface area contributed by atoms with Crippen molar-refractivity contribution in [3.05, 3.63) is 136 Å². The van der Waals surface area contributed by atoms with Gasteiger partial charge in [0.15, 0.2) is 5.60 Å². The van der Waals surface area contributed by atoms with Gasteiger partial charge in [0.25, 0.3) is 0 Å². The highest BCUT2D eigenvalue weighted by Gasteiger charge is 2.39. The fourth-order valence-electron chi connectivity index (χ4n) is 3.42. The van der Waals surface area contributed by atoms with Crippen molar-refractivity contribution in [2.75, 3.05) is 0 Å². The number of rotatable bonds is 5. The Balaban J connectivity index is 2.01. The van der Waals surface area contributed by atoms with Gasteiger partial charge in [-0.3, -0.25) is 0 Å². The minimum absolute atomic E-state index is 0.472. The van der Waals surface area contributed by atoms with Crippen LogP contribution in [-0.4, -0.2) is 0 Å². The zero-order valence-corrected chi connectivity index (χ0v) is 16.6. The molecule has 0 aromatic heterocycles. The van der Waals surface area contributed by atoms with Crippen LogP contribution in [0.5, 0.6) is 5.75 Å². The van der Waals surface area contributed by atoms with Gasteiger partial charge in [-0.1, -0.05) is 114 Å². The molecule has 1 nitrogen and oxygen atoms in total. The maximum atomic E-state index is 6.76. The standard InChI is InChI=1S/C25H18Cl2O/c26-22-16-17-24(23(27)18-22)28-25(19-10-4-1-5-11-19,20-12-6-2-7-13-20)21-14-8-3-9-15-21/h1-18H. The lowest BCUT2D eigenvalue weighted by Gasteiger charge is -2.36. The third-order valence-electron chi connectivity index (χ3n) is 4.70. The van der Waals surface area contributed by atoms with Crippen molar-refractivity contribution >= 4 is 23.2 Å². The van der Waals surface area contributed by atoms with Crippen LogP contribution < -0.4 is 4.74 Å². The van der Waals surface area contributed by atoms with E-state index in [0.29, 0.717) is 15.8 Å². The maximum Gasteiger partial charge on any atom is 0.184 e. The molecular formula is C25H18Cl2O. The smallest absolute Gasteiger partial charge is 0.184 e. The van der Waals surface area contributed by atoms with Gasteiger partial charge in [0.1, 0.15) is 5.75 Å². The van der Waals surface area contributed by atoms with E-state index in [-0.39, 0.29) is 0 Å². The number of ether oxygens (including phenoxy) is 1. The topological polar surface area (TPSA) is 9.23 Å². The van der Waals surface area contributed by atoms with Gasteiger partial charge in [-0.25, -0.2) is 0 Å². The summed E-state index contributed by atoms with van der Waals surface area (Å²) in [6, 6.07) is 35.8. The van der Waals surface area contributed by atoms with Crippen LogP contribution in [0.4, 0.5) is 0 Å². The first-order chi connectivity index (χ1) is 13.7. The molecule has 4 aromatic rings. The largest absolute Gasteiger partial charge is 0.471 e. The predicted molar refractivity (Wildman–Crippen MR) is 116 cm³/mol. The summed E-state index contributed by atoms with van der Waals surface area (Å²) in [5.41, 5.74) is 2.18. The molecule has 0 saturated carbocycles. The minimum atomic E-state index is -0.860. The summed E-state index contributed by atoms with van der Waals surface area (Å²) in [6.07, 6.45) is 0. The Labute approximate surface area is 175 Å². The van der Waals surface area contributed by atoms with Crippen molar-refractivity contribution in [1.82, 2.24) is 0 Å². The van der Waals surface area contributed by atoms with E-state index in [0.717, 1.165) is 16.7 Å². The van der Waals surface area contributed by atoms with Gasteiger partial charge in [0, 0.05) is 21.7 Å².